The van der Waals surface area contributed by atoms with Gasteiger partial charge in [-0.1, -0.05) is 50.3 Å². The van der Waals surface area contributed by atoms with Crippen molar-refractivity contribution in [2.75, 3.05) is 0 Å². The van der Waals surface area contributed by atoms with E-state index in [1.54, 1.807) is 5.41 Å². The molecule has 0 bridgehead atoms. The van der Waals surface area contributed by atoms with Gasteiger partial charge in [0.05, 0.1) is 0 Å². The maximum absolute atomic E-state index is 12.7. The molecule has 3 fully saturated rings. The van der Waals surface area contributed by atoms with Crippen molar-refractivity contribution in [2.45, 2.75) is 70.6 Å². The Hall–Kier alpha value is -1.54. The Morgan fingerprint density at radius 2 is 1.81 bits per heavy atom. The van der Waals surface area contributed by atoms with Crippen molar-refractivity contribution in [3.63, 3.8) is 0 Å². The average molecular weight is 435 g/mol. The maximum atomic E-state index is 12.7. The van der Waals surface area contributed by atoms with Gasteiger partial charge in [-0.25, -0.2) is 0 Å². The molecule has 7 atom stereocenters. The van der Waals surface area contributed by atoms with E-state index >= 15 is 0 Å². The summed E-state index contributed by atoms with van der Waals surface area (Å²) >= 11 is -1.14. The van der Waals surface area contributed by atoms with E-state index in [1.165, 1.54) is 36.8 Å². The first-order chi connectivity index (χ1) is 14.8. The van der Waals surface area contributed by atoms with Gasteiger partial charge in [-0.15, -0.1) is 0 Å². The number of allylic oxidation sites excluding steroid dienone is 2. The molecule has 3 heteroatoms. The largest absolute Gasteiger partial charge is 0.606 e. The first-order valence-corrected chi connectivity index (χ1v) is 13.2. The fourth-order valence-electron chi connectivity index (χ4n) is 7.78. The highest BCUT2D eigenvalue weighted by molar-refractivity contribution is 7.94. The molecule has 1 aromatic carbocycles. The number of benzene rings is 1. The van der Waals surface area contributed by atoms with Crippen molar-refractivity contribution in [3.8, 4) is 0 Å². The number of rotatable bonds is 2. The van der Waals surface area contributed by atoms with E-state index in [9.17, 15) is 9.35 Å². The van der Waals surface area contributed by atoms with Crippen molar-refractivity contribution in [2.24, 2.45) is 34.5 Å². The van der Waals surface area contributed by atoms with Crippen LogP contribution in [0.5, 0.6) is 0 Å². The summed E-state index contributed by atoms with van der Waals surface area (Å²) in [6.45, 7) is 7.25. The smallest absolute Gasteiger partial charge is 0.165 e. The Morgan fingerprint density at radius 3 is 2.58 bits per heavy atom. The summed E-state index contributed by atoms with van der Waals surface area (Å²) in [7, 11) is 0. The zero-order chi connectivity index (χ0) is 21.8. The van der Waals surface area contributed by atoms with Crippen LogP contribution < -0.4 is 0 Å². The number of ketones is 1. The predicted molar refractivity (Wildman–Crippen MR) is 126 cm³/mol. The molecule has 0 spiro atoms. The van der Waals surface area contributed by atoms with E-state index in [2.05, 4.69) is 26.5 Å². The van der Waals surface area contributed by atoms with E-state index in [4.69, 9.17) is 0 Å². The van der Waals surface area contributed by atoms with Gasteiger partial charge in [0, 0.05) is 17.6 Å². The average Bonchev–Trinajstić information content (AvgIpc) is 3.10. The minimum atomic E-state index is -1.14. The van der Waals surface area contributed by atoms with Crippen LogP contribution in [-0.4, -0.2) is 10.3 Å². The molecular formula is C28H34O2S. The number of hydrogen-bond donors (Lipinski definition) is 0. The van der Waals surface area contributed by atoms with Crippen molar-refractivity contribution >= 4 is 17.0 Å². The number of fused-ring (bicyclic) bond motifs is 5. The van der Waals surface area contributed by atoms with Gasteiger partial charge >= 0.3 is 0 Å². The Kier molecular flexibility index (Phi) is 5.36. The van der Waals surface area contributed by atoms with Crippen molar-refractivity contribution in [1.82, 2.24) is 0 Å². The summed E-state index contributed by atoms with van der Waals surface area (Å²) < 4.78 is 12.7. The molecule has 1 aromatic rings. The summed E-state index contributed by atoms with van der Waals surface area (Å²) in [6.07, 6.45) is 9.72. The van der Waals surface area contributed by atoms with Crippen LogP contribution in [0.2, 0.25) is 0 Å². The van der Waals surface area contributed by atoms with Crippen LogP contribution in [0.15, 0.2) is 63.6 Å². The second kappa shape index (κ2) is 7.80. The quantitative estimate of drug-likeness (QED) is 0.388. The van der Waals surface area contributed by atoms with Crippen LogP contribution in [-0.2, 0) is 16.0 Å². The summed E-state index contributed by atoms with van der Waals surface area (Å²) in [6, 6.07) is 9.68. The first kappa shape index (κ1) is 21.3. The molecule has 4 aliphatic rings. The third kappa shape index (κ3) is 3.41. The lowest BCUT2D eigenvalue weighted by Crippen LogP contribution is -2.51. The fourth-order valence-corrected chi connectivity index (χ4v) is 8.59. The second-order valence-corrected chi connectivity index (χ2v) is 12.1. The molecule has 0 aliphatic heterocycles. The first-order valence-electron chi connectivity index (χ1n) is 12.0. The number of carbonyl (C=O) groups is 1. The van der Waals surface area contributed by atoms with Gasteiger partial charge < -0.3 is 4.55 Å². The van der Waals surface area contributed by atoms with Crippen LogP contribution in [0.25, 0.3) is 0 Å². The molecule has 0 heterocycles. The maximum Gasteiger partial charge on any atom is 0.165 e. The summed E-state index contributed by atoms with van der Waals surface area (Å²) in [5, 5.41) is 1.79. The Balaban J connectivity index is 1.44. The zero-order valence-electron chi connectivity index (χ0n) is 19.0. The third-order valence-corrected chi connectivity index (χ3v) is 10.4. The molecular weight excluding hydrogens is 400 g/mol. The molecule has 0 N–H and O–H groups in total. The van der Waals surface area contributed by atoms with Crippen LogP contribution >= 0.6 is 0 Å². The highest BCUT2D eigenvalue weighted by Gasteiger charge is 2.58. The molecule has 31 heavy (non-hydrogen) atoms. The minimum absolute atomic E-state index is 0.181. The van der Waals surface area contributed by atoms with Gasteiger partial charge in [-0.3, -0.25) is 4.79 Å². The highest BCUT2D eigenvalue weighted by Crippen LogP contribution is 2.67. The summed E-state index contributed by atoms with van der Waals surface area (Å²) in [4.78, 5) is 13.0. The standard InChI is InChI=1S/C28H34O2S/c1-19-17-23-24-10-9-20(13-16-31(30)22-7-5-4-6-8-22)27(24,2)15-12-25(23)28(3)14-11-21(29)18-26(19)28/h4-8,16,18-19,23-25H,9-12,14-15,17H2,1-3H3/t13?,19-,23-,24-,25-,27+,28+,31?/m0/s1. The van der Waals surface area contributed by atoms with Gasteiger partial charge in [-0.05, 0) is 96.8 Å². The Bertz CT molecular complexity index is 972. The molecule has 3 saturated carbocycles. The summed E-state index contributed by atoms with van der Waals surface area (Å²) in [5.74, 6) is 2.95. The minimum Gasteiger partial charge on any atom is -0.606 e. The topological polar surface area (TPSA) is 40.1 Å². The monoisotopic (exact) mass is 434 g/mol. The van der Waals surface area contributed by atoms with E-state index in [0.717, 1.165) is 30.1 Å². The molecule has 4 aliphatic carbocycles. The molecule has 2 nitrogen and oxygen atoms in total. The van der Waals surface area contributed by atoms with E-state index in [0.29, 0.717) is 23.5 Å². The van der Waals surface area contributed by atoms with Gasteiger partial charge in [0.15, 0.2) is 16.1 Å². The second-order valence-electron chi connectivity index (χ2n) is 10.8. The van der Waals surface area contributed by atoms with Crippen LogP contribution in [0, 0.1) is 34.5 Å². The number of carbonyl (C=O) groups excluding carboxylic acids is 1. The zero-order valence-corrected chi connectivity index (χ0v) is 19.8. The van der Waals surface area contributed by atoms with Gasteiger partial charge in [0.1, 0.15) is 0 Å². The van der Waals surface area contributed by atoms with Crippen LogP contribution in [0.3, 0.4) is 0 Å². The molecule has 164 valence electrons. The molecule has 1 unspecified atom stereocenters. The lowest BCUT2D eigenvalue weighted by atomic mass is 9.45. The van der Waals surface area contributed by atoms with Crippen LogP contribution in [0.1, 0.15) is 65.7 Å². The molecule has 0 aromatic heterocycles. The molecule has 5 rings (SSSR count). The molecule has 0 saturated heterocycles. The third-order valence-electron chi connectivity index (χ3n) is 9.38. The molecule has 0 radical (unpaired) electrons. The lowest BCUT2D eigenvalue weighted by molar-refractivity contribution is -0.117. The van der Waals surface area contributed by atoms with Crippen molar-refractivity contribution in [3.05, 3.63) is 58.7 Å². The Labute approximate surface area is 190 Å². The van der Waals surface area contributed by atoms with E-state index < -0.39 is 11.2 Å². The van der Waals surface area contributed by atoms with Crippen LogP contribution in [0.4, 0.5) is 0 Å². The highest BCUT2D eigenvalue weighted by atomic mass is 32.2. The van der Waals surface area contributed by atoms with Crippen molar-refractivity contribution in [1.29, 1.82) is 0 Å². The van der Waals surface area contributed by atoms with E-state index in [1.807, 2.05) is 36.4 Å². The van der Waals surface area contributed by atoms with Gasteiger partial charge in [0.25, 0.3) is 0 Å². The number of hydrogen-bond acceptors (Lipinski definition) is 2. The lowest BCUT2D eigenvalue weighted by Gasteiger charge is -2.59. The predicted octanol–water partition coefficient (Wildman–Crippen LogP) is 6.61. The summed E-state index contributed by atoms with van der Waals surface area (Å²) in [5.41, 5.74) is 6.75. The van der Waals surface area contributed by atoms with Gasteiger partial charge in [0.2, 0.25) is 0 Å². The molecule has 0 amide bonds. The normalized spacial score (nSPS) is 40.2. The SMILES string of the molecule is C[C@H]1C[C@@H]2[C@H](CC[C@]3(C)C(=C=C[S+]([O-])c4ccccc4)CC[C@@H]23)[C@@]2(C)CCC(=O)C=C12. The van der Waals surface area contributed by atoms with Gasteiger partial charge in [-0.2, -0.15) is 0 Å². The van der Waals surface area contributed by atoms with Crippen molar-refractivity contribution < 1.29 is 9.35 Å². The van der Waals surface area contributed by atoms with E-state index in [-0.39, 0.29) is 10.8 Å². The Morgan fingerprint density at radius 1 is 1.06 bits per heavy atom. The fraction of sp³-hybridized carbons (Fsp3) is 0.571.